The minimum atomic E-state index is -0.0237. The maximum Gasteiger partial charge on any atom is 0.224 e. The summed E-state index contributed by atoms with van der Waals surface area (Å²) in [5, 5.41) is 2.93. The van der Waals surface area contributed by atoms with E-state index in [4.69, 9.17) is 10.2 Å². The molecule has 2 unspecified atom stereocenters. The Bertz CT molecular complexity index is 348. The van der Waals surface area contributed by atoms with Crippen molar-refractivity contribution in [3.8, 4) is 0 Å². The quantitative estimate of drug-likeness (QED) is 0.786. The molecule has 1 amide bonds. The van der Waals surface area contributed by atoms with Crippen molar-refractivity contribution in [3.05, 3.63) is 24.2 Å². The van der Waals surface area contributed by atoms with Gasteiger partial charge in [-0.2, -0.15) is 0 Å². The van der Waals surface area contributed by atoms with Crippen LogP contribution in [0.15, 0.2) is 23.0 Å². The summed E-state index contributed by atoms with van der Waals surface area (Å²) in [6.45, 7) is 0.526. The number of rotatable bonds is 3. The first-order valence-corrected chi connectivity index (χ1v) is 6.32. The van der Waals surface area contributed by atoms with E-state index in [1.807, 2.05) is 6.07 Å². The van der Waals surface area contributed by atoms with Crippen LogP contribution in [-0.2, 0) is 11.3 Å². The molecule has 1 heterocycles. The number of furan rings is 1. The van der Waals surface area contributed by atoms with Crippen molar-refractivity contribution in [2.45, 2.75) is 44.7 Å². The van der Waals surface area contributed by atoms with Crippen LogP contribution in [0.3, 0.4) is 0 Å². The lowest BCUT2D eigenvalue weighted by Gasteiger charge is -2.20. The molecule has 17 heavy (non-hydrogen) atoms. The van der Waals surface area contributed by atoms with Gasteiger partial charge in [0.15, 0.2) is 0 Å². The monoisotopic (exact) mass is 236 g/mol. The molecular formula is C13H20N2O2. The van der Waals surface area contributed by atoms with Gasteiger partial charge in [-0.25, -0.2) is 0 Å². The van der Waals surface area contributed by atoms with Crippen LogP contribution in [0, 0.1) is 5.92 Å². The van der Waals surface area contributed by atoms with Gasteiger partial charge >= 0.3 is 0 Å². The summed E-state index contributed by atoms with van der Waals surface area (Å²) in [5.41, 5.74) is 7.04. The molecule has 4 heteroatoms. The minimum Gasteiger partial charge on any atom is -0.472 e. The molecule has 0 aromatic carbocycles. The largest absolute Gasteiger partial charge is 0.472 e. The highest BCUT2D eigenvalue weighted by atomic mass is 16.3. The van der Waals surface area contributed by atoms with Gasteiger partial charge < -0.3 is 15.5 Å². The van der Waals surface area contributed by atoms with Gasteiger partial charge in [-0.05, 0) is 18.9 Å². The Balaban J connectivity index is 1.85. The van der Waals surface area contributed by atoms with Crippen molar-refractivity contribution in [2.24, 2.45) is 11.7 Å². The molecule has 1 aliphatic rings. The fourth-order valence-electron chi connectivity index (χ4n) is 2.38. The van der Waals surface area contributed by atoms with Gasteiger partial charge in [0.05, 0.1) is 18.4 Å². The van der Waals surface area contributed by atoms with Crippen molar-refractivity contribution in [2.75, 3.05) is 0 Å². The highest BCUT2D eigenvalue weighted by Gasteiger charge is 2.26. The third-order valence-corrected chi connectivity index (χ3v) is 3.45. The number of nitrogens with one attached hydrogen (secondary N) is 1. The maximum absolute atomic E-state index is 12.0. The fourth-order valence-corrected chi connectivity index (χ4v) is 2.38. The van der Waals surface area contributed by atoms with Crippen LogP contribution in [0.1, 0.15) is 37.7 Å². The number of carbonyl (C=O) groups excluding carboxylic acids is 1. The third kappa shape index (κ3) is 3.33. The Labute approximate surface area is 102 Å². The summed E-state index contributed by atoms with van der Waals surface area (Å²) in [6.07, 6.45) is 8.58. The first-order chi connectivity index (χ1) is 8.27. The fraction of sp³-hybridized carbons (Fsp3) is 0.615. The summed E-state index contributed by atoms with van der Waals surface area (Å²) in [4.78, 5) is 12.0. The van der Waals surface area contributed by atoms with Gasteiger partial charge in [-0.1, -0.05) is 19.3 Å². The summed E-state index contributed by atoms with van der Waals surface area (Å²) >= 11 is 0. The Kier molecular flexibility index (Phi) is 4.20. The molecule has 0 aliphatic heterocycles. The lowest BCUT2D eigenvalue weighted by molar-refractivity contribution is -0.126. The molecule has 0 spiro atoms. The average molecular weight is 236 g/mol. The molecule has 0 saturated heterocycles. The van der Waals surface area contributed by atoms with Crippen LogP contribution in [0.2, 0.25) is 0 Å². The molecule has 0 bridgehead atoms. The van der Waals surface area contributed by atoms with E-state index in [-0.39, 0.29) is 17.9 Å². The van der Waals surface area contributed by atoms with Crippen LogP contribution in [-0.4, -0.2) is 11.9 Å². The topological polar surface area (TPSA) is 68.3 Å². The Hall–Kier alpha value is -1.29. The molecular weight excluding hydrogens is 216 g/mol. The van der Waals surface area contributed by atoms with Crippen LogP contribution in [0.25, 0.3) is 0 Å². The predicted octanol–water partition coefficient (Wildman–Crippen LogP) is 1.80. The predicted molar refractivity (Wildman–Crippen MR) is 65.1 cm³/mol. The minimum absolute atomic E-state index is 0.0156. The zero-order chi connectivity index (χ0) is 12.1. The summed E-state index contributed by atoms with van der Waals surface area (Å²) < 4.78 is 4.96. The molecule has 1 aromatic heterocycles. The second-order valence-corrected chi connectivity index (χ2v) is 4.76. The first-order valence-electron chi connectivity index (χ1n) is 6.32. The smallest absolute Gasteiger partial charge is 0.224 e. The summed E-state index contributed by atoms with van der Waals surface area (Å²) in [7, 11) is 0. The van der Waals surface area contributed by atoms with Gasteiger partial charge in [-0.3, -0.25) is 4.79 Å². The number of hydrogen-bond acceptors (Lipinski definition) is 3. The molecule has 4 nitrogen and oxygen atoms in total. The Morgan fingerprint density at radius 1 is 1.41 bits per heavy atom. The van der Waals surface area contributed by atoms with E-state index in [0.29, 0.717) is 6.54 Å². The molecule has 2 rings (SSSR count). The van der Waals surface area contributed by atoms with E-state index in [2.05, 4.69) is 5.32 Å². The van der Waals surface area contributed by atoms with E-state index in [0.717, 1.165) is 31.2 Å². The normalized spacial score (nSPS) is 25.2. The van der Waals surface area contributed by atoms with Crippen molar-refractivity contribution < 1.29 is 9.21 Å². The maximum atomic E-state index is 12.0. The van der Waals surface area contributed by atoms with E-state index >= 15 is 0 Å². The molecule has 1 saturated carbocycles. The average Bonchev–Trinajstić information content (AvgIpc) is 2.75. The summed E-state index contributed by atoms with van der Waals surface area (Å²) in [6, 6.07) is 1.87. The Morgan fingerprint density at radius 3 is 3.00 bits per heavy atom. The molecule has 1 fully saturated rings. The molecule has 3 N–H and O–H groups in total. The zero-order valence-electron chi connectivity index (χ0n) is 10.0. The molecule has 0 radical (unpaired) electrons. The standard InChI is InChI=1S/C13H20N2O2/c14-12-5-3-1-2-4-11(12)13(16)15-8-10-6-7-17-9-10/h6-7,9,11-12H,1-5,8,14H2,(H,15,16). The summed E-state index contributed by atoms with van der Waals surface area (Å²) in [5.74, 6) is 0.0602. The molecule has 1 aliphatic carbocycles. The SMILES string of the molecule is NC1CCCCCC1C(=O)NCc1ccoc1. The second-order valence-electron chi connectivity index (χ2n) is 4.76. The van der Waals surface area contributed by atoms with Crippen LogP contribution >= 0.6 is 0 Å². The zero-order valence-corrected chi connectivity index (χ0v) is 10.0. The Morgan fingerprint density at radius 2 is 2.24 bits per heavy atom. The van der Waals surface area contributed by atoms with Crippen molar-refractivity contribution >= 4 is 5.91 Å². The third-order valence-electron chi connectivity index (χ3n) is 3.45. The molecule has 94 valence electrons. The van der Waals surface area contributed by atoms with Gasteiger partial charge in [0, 0.05) is 18.2 Å². The van der Waals surface area contributed by atoms with Crippen molar-refractivity contribution in [1.82, 2.24) is 5.32 Å². The van der Waals surface area contributed by atoms with Crippen molar-refractivity contribution in [3.63, 3.8) is 0 Å². The van der Waals surface area contributed by atoms with Crippen LogP contribution < -0.4 is 11.1 Å². The van der Waals surface area contributed by atoms with Gasteiger partial charge in [-0.15, -0.1) is 0 Å². The highest BCUT2D eigenvalue weighted by Crippen LogP contribution is 2.22. The number of carbonyl (C=O) groups is 1. The first kappa shape index (κ1) is 12.2. The number of amides is 1. The van der Waals surface area contributed by atoms with E-state index < -0.39 is 0 Å². The molecule has 1 aromatic rings. The van der Waals surface area contributed by atoms with E-state index in [1.54, 1.807) is 12.5 Å². The van der Waals surface area contributed by atoms with E-state index in [9.17, 15) is 4.79 Å². The van der Waals surface area contributed by atoms with Crippen LogP contribution in [0.5, 0.6) is 0 Å². The van der Waals surface area contributed by atoms with Gasteiger partial charge in [0.2, 0.25) is 5.91 Å². The molecule has 2 atom stereocenters. The van der Waals surface area contributed by atoms with Gasteiger partial charge in [0.1, 0.15) is 0 Å². The lowest BCUT2D eigenvalue weighted by atomic mass is 9.94. The number of nitrogens with two attached hydrogens (primary N) is 1. The van der Waals surface area contributed by atoms with Crippen molar-refractivity contribution in [1.29, 1.82) is 0 Å². The number of hydrogen-bond donors (Lipinski definition) is 2. The lowest BCUT2D eigenvalue weighted by Crippen LogP contribution is -2.41. The van der Waals surface area contributed by atoms with Gasteiger partial charge in [0.25, 0.3) is 0 Å². The van der Waals surface area contributed by atoms with E-state index in [1.165, 1.54) is 6.42 Å². The highest BCUT2D eigenvalue weighted by molar-refractivity contribution is 5.79. The van der Waals surface area contributed by atoms with Crippen LogP contribution in [0.4, 0.5) is 0 Å². The second kappa shape index (κ2) is 5.87.